The maximum absolute atomic E-state index is 12.2. The van der Waals surface area contributed by atoms with Crippen LogP contribution in [0.5, 0.6) is 5.75 Å². The van der Waals surface area contributed by atoms with E-state index in [1.165, 1.54) is 7.11 Å². The first kappa shape index (κ1) is 12.0. The minimum atomic E-state index is -0.709. The van der Waals surface area contributed by atoms with Gasteiger partial charge in [0, 0.05) is 0 Å². The highest BCUT2D eigenvalue weighted by molar-refractivity contribution is 6.02. The molecular weight excluding hydrogens is 246 g/mol. The van der Waals surface area contributed by atoms with Gasteiger partial charge in [-0.25, -0.2) is 4.79 Å². The smallest absolute Gasteiger partial charge is 0.337 e. The van der Waals surface area contributed by atoms with Crippen molar-refractivity contribution >= 4 is 17.6 Å². The molecule has 1 spiro atoms. The molecule has 100 valence electrons. The molecule has 0 atom stereocenters. The van der Waals surface area contributed by atoms with Crippen molar-refractivity contribution in [2.75, 3.05) is 12.4 Å². The van der Waals surface area contributed by atoms with E-state index in [9.17, 15) is 9.59 Å². The molecule has 1 saturated carbocycles. The quantitative estimate of drug-likeness (QED) is 0.786. The number of hydrogen-bond donors (Lipinski definition) is 1. The molecule has 0 radical (unpaired) electrons. The Labute approximate surface area is 110 Å². The summed E-state index contributed by atoms with van der Waals surface area (Å²) >= 11 is 0. The third kappa shape index (κ3) is 1.85. The number of ether oxygens (including phenoxy) is 2. The van der Waals surface area contributed by atoms with Crippen LogP contribution in [-0.4, -0.2) is 24.6 Å². The highest BCUT2D eigenvalue weighted by atomic mass is 16.5. The number of methoxy groups -OCH3 is 1. The predicted molar refractivity (Wildman–Crippen MR) is 68.2 cm³/mol. The molecule has 1 aliphatic carbocycles. The van der Waals surface area contributed by atoms with Crippen LogP contribution in [-0.2, 0) is 9.53 Å². The molecule has 1 fully saturated rings. The monoisotopic (exact) mass is 261 g/mol. The number of benzene rings is 1. The standard InChI is InChI=1S/C14H15NO4/c1-18-12(16)9-4-5-11-10(8-9)15-13(17)14(19-11)6-2-3-7-14/h4-5,8H,2-3,6-7H2,1H3,(H,15,17). The van der Waals surface area contributed by atoms with Gasteiger partial charge in [0.05, 0.1) is 18.4 Å². The van der Waals surface area contributed by atoms with Crippen LogP contribution < -0.4 is 10.1 Å². The van der Waals surface area contributed by atoms with Crippen molar-refractivity contribution < 1.29 is 19.1 Å². The van der Waals surface area contributed by atoms with E-state index in [0.29, 0.717) is 17.0 Å². The summed E-state index contributed by atoms with van der Waals surface area (Å²) in [6, 6.07) is 4.94. The highest BCUT2D eigenvalue weighted by Gasteiger charge is 2.46. The molecule has 0 unspecified atom stereocenters. The molecule has 1 N–H and O–H groups in total. The minimum absolute atomic E-state index is 0.112. The van der Waals surface area contributed by atoms with Gasteiger partial charge >= 0.3 is 5.97 Å². The SMILES string of the molecule is COC(=O)c1ccc2c(c1)NC(=O)C1(CCCC1)O2. The van der Waals surface area contributed by atoms with Gasteiger partial charge in [-0.05, 0) is 43.9 Å². The lowest BCUT2D eigenvalue weighted by molar-refractivity contribution is -0.131. The summed E-state index contributed by atoms with van der Waals surface area (Å²) < 4.78 is 10.6. The first-order valence-corrected chi connectivity index (χ1v) is 6.37. The van der Waals surface area contributed by atoms with Gasteiger partial charge in [0.15, 0.2) is 5.60 Å². The predicted octanol–water partition coefficient (Wildman–Crippen LogP) is 2.12. The first-order valence-electron chi connectivity index (χ1n) is 6.37. The Morgan fingerprint density at radius 2 is 2.11 bits per heavy atom. The van der Waals surface area contributed by atoms with Gasteiger partial charge in [0.2, 0.25) is 0 Å². The van der Waals surface area contributed by atoms with Crippen molar-refractivity contribution in [2.24, 2.45) is 0 Å². The van der Waals surface area contributed by atoms with Gasteiger partial charge in [-0.1, -0.05) is 0 Å². The zero-order valence-electron chi connectivity index (χ0n) is 10.7. The Kier molecular flexibility index (Phi) is 2.69. The molecule has 5 nitrogen and oxygen atoms in total. The van der Waals surface area contributed by atoms with Crippen LogP contribution in [0, 0.1) is 0 Å². The van der Waals surface area contributed by atoms with Crippen LogP contribution in [0.25, 0.3) is 0 Å². The lowest BCUT2D eigenvalue weighted by atomic mass is 9.98. The molecule has 1 aromatic carbocycles. The van der Waals surface area contributed by atoms with E-state index in [4.69, 9.17) is 4.74 Å². The third-order valence-corrected chi connectivity index (χ3v) is 3.78. The molecule has 2 aliphatic rings. The lowest BCUT2D eigenvalue weighted by Gasteiger charge is -2.34. The second-order valence-corrected chi connectivity index (χ2v) is 4.96. The molecule has 1 aromatic rings. The summed E-state index contributed by atoms with van der Waals surface area (Å²) in [4.78, 5) is 23.6. The van der Waals surface area contributed by atoms with Crippen molar-refractivity contribution in [3.63, 3.8) is 0 Å². The maximum atomic E-state index is 12.2. The van der Waals surface area contributed by atoms with Crippen LogP contribution in [0.2, 0.25) is 0 Å². The van der Waals surface area contributed by atoms with E-state index in [1.807, 2.05) is 0 Å². The molecular formula is C14H15NO4. The number of rotatable bonds is 1. The zero-order valence-corrected chi connectivity index (χ0v) is 10.7. The normalized spacial score (nSPS) is 19.5. The van der Waals surface area contributed by atoms with E-state index in [0.717, 1.165) is 25.7 Å². The summed E-state index contributed by atoms with van der Waals surface area (Å²) in [5.74, 6) is 0.0758. The van der Waals surface area contributed by atoms with Gasteiger partial charge in [-0.15, -0.1) is 0 Å². The van der Waals surface area contributed by atoms with E-state index in [2.05, 4.69) is 10.1 Å². The summed E-state index contributed by atoms with van der Waals surface area (Å²) in [5.41, 5.74) is 0.220. The third-order valence-electron chi connectivity index (χ3n) is 3.78. The Morgan fingerprint density at radius 3 is 2.79 bits per heavy atom. The number of esters is 1. The minimum Gasteiger partial charge on any atom is -0.475 e. The highest BCUT2D eigenvalue weighted by Crippen LogP contribution is 2.42. The van der Waals surface area contributed by atoms with E-state index in [-0.39, 0.29) is 5.91 Å². The Balaban J connectivity index is 1.95. The fourth-order valence-corrected chi connectivity index (χ4v) is 2.73. The fourth-order valence-electron chi connectivity index (χ4n) is 2.73. The number of hydrogen-bond acceptors (Lipinski definition) is 4. The largest absolute Gasteiger partial charge is 0.475 e. The van der Waals surface area contributed by atoms with Gasteiger partial charge in [-0.3, -0.25) is 4.79 Å². The maximum Gasteiger partial charge on any atom is 0.337 e. The van der Waals surface area contributed by atoms with Gasteiger partial charge in [-0.2, -0.15) is 0 Å². The summed E-state index contributed by atoms with van der Waals surface area (Å²) in [6.45, 7) is 0. The number of amides is 1. The van der Waals surface area contributed by atoms with Crippen molar-refractivity contribution in [1.29, 1.82) is 0 Å². The van der Waals surface area contributed by atoms with Crippen LogP contribution in [0.4, 0.5) is 5.69 Å². The fraction of sp³-hybridized carbons (Fsp3) is 0.429. The second-order valence-electron chi connectivity index (χ2n) is 4.96. The number of carbonyl (C=O) groups excluding carboxylic acids is 2. The number of anilines is 1. The zero-order chi connectivity index (χ0) is 13.5. The summed E-state index contributed by atoms with van der Waals surface area (Å²) in [6.07, 6.45) is 3.50. The average Bonchev–Trinajstić information content (AvgIpc) is 2.88. The molecule has 1 aliphatic heterocycles. The summed E-state index contributed by atoms with van der Waals surface area (Å²) in [5, 5.41) is 2.84. The molecule has 19 heavy (non-hydrogen) atoms. The van der Waals surface area contributed by atoms with Crippen LogP contribution in [0.1, 0.15) is 36.0 Å². The Hall–Kier alpha value is -2.04. The topological polar surface area (TPSA) is 64.6 Å². The molecule has 0 bridgehead atoms. The van der Waals surface area contributed by atoms with E-state index < -0.39 is 11.6 Å². The second kappa shape index (κ2) is 4.26. The summed E-state index contributed by atoms with van der Waals surface area (Å²) in [7, 11) is 1.32. The lowest BCUT2D eigenvalue weighted by Crippen LogP contribution is -2.48. The molecule has 0 saturated heterocycles. The molecule has 5 heteroatoms. The van der Waals surface area contributed by atoms with E-state index in [1.54, 1.807) is 18.2 Å². The van der Waals surface area contributed by atoms with E-state index >= 15 is 0 Å². The first-order chi connectivity index (χ1) is 9.14. The molecule has 1 heterocycles. The van der Waals surface area contributed by atoms with Crippen molar-refractivity contribution in [2.45, 2.75) is 31.3 Å². The Morgan fingerprint density at radius 1 is 1.37 bits per heavy atom. The molecule has 3 rings (SSSR count). The van der Waals surface area contributed by atoms with Crippen molar-refractivity contribution in [1.82, 2.24) is 0 Å². The van der Waals surface area contributed by atoms with Crippen LogP contribution in [0.15, 0.2) is 18.2 Å². The average molecular weight is 261 g/mol. The van der Waals surface area contributed by atoms with Crippen molar-refractivity contribution in [3.8, 4) is 5.75 Å². The van der Waals surface area contributed by atoms with Crippen LogP contribution >= 0.6 is 0 Å². The van der Waals surface area contributed by atoms with Gasteiger partial charge in [0.1, 0.15) is 5.75 Å². The molecule has 0 aromatic heterocycles. The van der Waals surface area contributed by atoms with Crippen LogP contribution in [0.3, 0.4) is 0 Å². The number of carbonyl (C=O) groups is 2. The van der Waals surface area contributed by atoms with Gasteiger partial charge in [0.25, 0.3) is 5.91 Å². The Bertz CT molecular complexity index is 546. The number of nitrogens with one attached hydrogen (secondary N) is 1. The number of fused-ring (bicyclic) bond motifs is 1. The van der Waals surface area contributed by atoms with Crippen molar-refractivity contribution in [3.05, 3.63) is 23.8 Å². The van der Waals surface area contributed by atoms with Gasteiger partial charge < -0.3 is 14.8 Å². The molecule has 1 amide bonds.